The fourth-order valence-corrected chi connectivity index (χ4v) is 5.11. The highest BCUT2D eigenvalue weighted by Crippen LogP contribution is 2.38. The summed E-state index contributed by atoms with van der Waals surface area (Å²) in [6.07, 6.45) is 1.73. The third-order valence-electron chi connectivity index (χ3n) is 5.54. The molecule has 0 radical (unpaired) electrons. The number of nitrogens with zero attached hydrogens (tertiary/aromatic N) is 1. The minimum atomic E-state index is -1.08. The number of fused-ring (bicyclic) bond motifs is 1. The van der Waals surface area contributed by atoms with Crippen LogP contribution in [0.3, 0.4) is 0 Å². The number of thioether (sulfide) groups is 1. The number of rotatable bonds is 8. The Hall–Kier alpha value is -4.02. The number of carboxylic acid groups (broad SMARTS) is 1. The molecule has 2 aliphatic heterocycles. The van der Waals surface area contributed by atoms with Crippen molar-refractivity contribution >= 4 is 51.9 Å². The minimum absolute atomic E-state index is 0.0771. The Morgan fingerprint density at radius 2 is 1.92 bits per heavy atom. The Bertz CT molecular complexity index is 1440. The second kappa shape index (κ2) is 10.5. The van der Waals surface area contributed by atoms with Gasteiger partial charge in [0.1, 0.15) is 6.61 Å². The summed E-state index contributed by atoms with van der Waals surface area (Å²) >= 11 is 6.57. The number of benzene rings is 3. The number of ether oxygens (including phenoxy) is 4. The van der Waals surface area contributed by atoms with Crippen LogP contribution in [0, 0.1) is 0 Å². The molecule has 0 unspecified atom stereocenters. The van der Waals surface area contributed by atoms with Crippen LogP contribution in [-0.4, -0.2) is 34.7 Å². The number of aromatic carboxylic acids is 1. The molecule has 10 heteroatoms. The molecule has 1 amide bonds. The van der Waals surface area contributed by atoms with Gasteiger partial charge in [0.25, 0.3) is 5.91 Å². The molecule has 0 saturated carbocycles. The molecule has 0 spiro atoms. The molecular weight excluding hydrogens is 514 g/mol. The molecule has 1 N–H and O–H groups in total. The highest BCUT2D eigenvalue weighted by molar-refractivity contribution is 8.27. The molecule has 2 aliphatic rings. The van der Waals surface area contributed by atoms with E-state index in [0.717, 1.165) is 22.9 Å². The molecule has 5 rings (SSSR count). The van der Waals surface area contributed by atoms with E-state index in [9.17, 15) is 14.7 Å². The van der Waals surface area contributed by atoms with Gasteiger partial charge in [0.15, 0.2) is 27.3 Å². The molecule has 1 fully saturated rings. The van der Waals surface area contributed by atoms with Crippen molar-refractivity contribution in [2.24, 2.45) is 0 Å². The average Bonchev–Trinajstić information content (AvgIpc) is 3.47. The first-order valence-corrected chi connectivity index (χ1v) is 12.5. The molecule has 2 heterocycles. The molecule has 3 aromatic carbocycles. The van der Waals surface area contributed by atoms with Gasteiger partial charge in [-0.3, -0.25) is 9.69 Å². The molecule has 188 valence electrons. The SMILES string of the molecule is CCOc1cc(/C=C2/SC(=S)N(c3cccc(C(=O)O)c3)C2=O)ccc1OCc1ccc2c(c1)OCO2. The molecule has 0 bridgehead atoms. The van der Waals surface area contributed by atoms with E-state index in [4.69, 9.17) is 31.2 Å². The molecule has 0 atom stereocenters. The number of amides is 1. The highest BCUT2D eigenvalue weighted by Gasteiger charge is 2.33. The van der Waals surface area contributed by atoms with Crippen LogP contribution in [0.2, 0.25) is 0 Å². The predicted molar refractivity (Wildman–Crippen MR) is 144 cm³/mol. The van der Waals surface area contributed by atoms with Gasteiger partial charge in [-0.2, -0.15) is 0 Å². The zero-order chi connectivity index (χ0) is 25.9. The number of thiocarbonyl (C=S) groups is 1. The summed E-state index contributed by atoms with van der Waals surface area (Å²) in [5.74, 6) is 1.11. The van der Waals surface area contributed by atoms with Crippen LogP contribution in [0.5, 0.6) is 23.0 Å². The van der Waals surface area contributed by atoms with E-state index < -0.39 is 5.97 Å². The predicted octanol–water partition coefficient (Wildman–Crippen LogP) is 5.50. The first-order chi connectivity index (χ1) is 17.9. The van der Waals surface area contributed by atoms with Gasteiger partial charge in [0, 0.05) is 0 Å². The Kier molecular flexibility index (Phi) is 7.02. The van der Waals surface area contributed by atoms with Gasteiger partial charge in [0.2, 0.25) is 6.79 Å². The van der Waals surface area contributed by atoms with Crippen molar-refractivity contribution in [1.82, 2.24) is 0 Å². The van der Waals surface area contributed by atoms with Gasteiger partial charge in [-0.15, -0.1) is 0 Å². The third kappa shape index (κ3) is 5.25. The molecule has 0 aliphatic carbocycles. The lowest BCUT2D eigenvalue weighted by Crippen LogP contribution is -2.27. The van der Waals surface area contributed by atoms with Crippen molar-refractivity contribution in [2.45, 2.75) is 13.5 Å². The van der Waals surface area contributed by atoms with E-state index >= 15 is 0 Å². The first-order valence-electron chi connectivity index (χ1n) is 11.3. The van der Waals surface area contributed by atoms with Gasteiger partial charge in [0.05, 0.1) is 22.8 Å². The molecule has 3 aromatic rings. The summed E-state index contributed by atoms with van der Waals surface area (Å²) in [7, 11) is 0. The fourth-order valence-electron chi connectivity index (χ4n) is 3.81. The van der Waals surface area contributed by atoms with Crippen LogP contribution >= 0.6 is 24.0 Å². The second-order valence-corrected chi connectivity index (χ2v) is 9.66. The van der Waals surface area contributed by atoms with Crippen LogP contribution in [0.25, 0.3) is 6.08 Å². The zero-order valence-corrected chi connectivity index (χ0v) is 21.3. The van der Waals surface area contributed by atoms with Crippen LogP contribution in [0.15, 0.2) is 65.6 Å². The first kappa shape index (κ1) is 24.7. The molecule has 8 nitrogen and oxygen atoms in total. The number of hydrogen-bond donors (Lipinski definition) is 1. The molecular formula is C27H21NO7S2. The maximum atomic E-state index is 13.1. The maximum Gasteiger partial charge on any atom is 0.335 e. The number of anilines is 1. The van der Waals surface area contributed by atoms with Crippen LogP contribution in [-0.2, 0) is 11.4 Å². The van der Waals surface area contributed by atoms with E-state index in [0.29, 0.717) is 51.1 Å². The molecule has 37 heavy (non-hydrogen) atoms. The van der Waals surface area contributed by atoms with E-state index in [-0.39, 0.29) is 18.3 Å². The smallest absolute Gasteiger partial charge is 0.335 e. The number of carbonyl (C=O) groups excluding carboxylic acids is 1. The van der Waals surface area contributed by atoms with Crippen molar-refractivity contribution in [1.29, 1.82) is 0 Å². The van der Waals surface area contributed by atoms with Gasteiger partial charge in [-0.1, -0.05) is 42.2 Å². The van der Waals surface area contributed by atoms with Crippen molar-refractivity contribution in [2.75, 3.05) is 18.3 Å². The Morgan fingerprint density at radius 1 is 1.08 bits per heavy atom. The number of carboxylic acids is 1. The lowest BCUT2D eigenvalue weighted by molar-refractivity contribution is -0.113. The maximum absolute atomic E-state index is 13.1. The monoisotopic (exact) mass is 535 g/mol. The Balaban J connectivity index is 1.35. The van der Waals surface area contributed by atoms with Gasteiger partial charge >= 0.3 is 5.97 Å². The van der Waals surface area contributed by atoms with Crippen molar-refractivity contribution in [3.8, 4) is 23.0 Å². The van der Waals surface area contributed by atoms with Crippen molar-refractivity contribution in [3.63, 3.8) is 0 Å². The summed E-state index contributed by atoms with van der Waals surface area (Å²) in [6, 6.07) is 17.2. The standard InChI is InChI=1S/C27H21NO7S2/c1-2-32-22-10-16(6-8-20(22)33-14-17-7-9-21-23(11-17)35-15-34-21)12-24-25(29)28(27(36)37-24)19-5-3-4-18(13-19)26(30)31/h3-13H,2,14-15H2,1H3,(H,30,31)/b24-12+. The Morgan fingerprint density at radius 3 is 2.73 bits per heavy atom. The van der Waals surface area contributed by atoms with E-state index in [2.05, 4.69) is 0 Å². The van der Waals surface area contributed by atoms with Crippen molar-refractivity contribution < 1.29 is 33.6 Å². The van der Waals surface area contributed by atoms with Crippen LogP contribution in [0.4, 0.5) is 5.69 Å². The van der Waals surface area contributed by atoms with E-state index in [1.807, 2.05) is 31.2 Å². The lowest BCUT2D eigenvalue weighted by atomic mass is 10.1. The molecule has 1 saturated heterocycles. The summed E-state index contributed by atoms with van der Waals surface area (Å²) in [5, 5.41) is 9.28. The molecule has 0 aromatic heterocycles. The second-order valence-electron chi connectivity index (χ2n) is 7.99. The summed E-state index contributed by atoms with van der Waals surface area (Å²) < 4.78 is 22.9. The van der Waals surface area contributed by atoms with E-state index in [1.54, 1.807) is 30.3 Å². The minimum Gasteiger partial charge on any atom is -0.490 e. The zero-order valence-electron chi connectivity index (χ0n) is 19.6. The van der Waals surface area contributed by atoms with Crippen LogP contribution in [0.1, 0.15) is 28.4 Å². The fraction of sp³-hybridized carbons (Fsp3) is 0.148. The topological polar surface area (TPSA) is 94.5 Å². The number of hydrogen-bond acceptors (Lipinski definition) is 8. The van der Waals surface area contributed by atoms with Crippen molar-refractivity contribution in [3.05, 3.63) is 82.3 Å². The largest absolute Gasteiger partial charge is 0.490 e. The Labute approximate surface area is 222 Å². The summed E-state index contributed by atoms with van der Waals surface area (Å²) in [6.45, 7) is 2.84. The highest BCUT2D eigenvalue weighted by atomic mass is 32.2. The van der Waals surface area contributed by atoms with Gasteiger partial charge < -0.3 is 24.1 Å². The summed E-state index contributed by atoms with van der Waals surface area (Å²) in [4.78, 5) is 26.2. The number of carbonyl (C=O) groups is 2. The average molecular weight is 536 g/mol. The van der Waals surface area contributed by atoms with Crippen LogP contribution < -0.4 is 23.8 Å². The lowest BCUT2D eigenvalue weighted by Gasteiger charge is -2.15. The third-order valence-corrected chi connectivity index (χ3v) is 6.84. The van der Waals surface area contributed by atoms with Gasteiger partial charge in [-0.25, -0.2) is 4.79 Å². The normalized spacial score (nSPS) is 15.4. The quantitative estimate of drug-likeness (QED) is 0.296. The summed E-state index contributed by atoms with van der Waals surface area (Å²) in [5.41, 5.74) is 2.14. The van der Waals surface area contributed by atoms with Gasteiger partial charge in [-0.05, 0) is 66.6 Å². The van der Waals surface area contributed by atoms with E-state index in [1.165, 1.54) is 17.0 Å².